The van der Waals surface area contributed by atoms with Crippen LogP contribution in [-0.2, 0) is 4.79 Å². The van der Waals surface area contributed by atoms with Crippen LogP contribution in [0.25, 0.3) is 0 Å². The van der Waals surface area contributed by atoms with Gasteiger partial charge in [0.2, 0.25) is 0 Å². The highest BCUT2D eigenvalue weighted by molar-refractivity contribution is 5.72. The molecule has 4 heteroatoms. The van der Waals surface area contributed by atoms with Gasteiger partial charge in [0.05, 0.1) is 11.6 Å². The predicted molar refractivity (Wildman–Crippen MR) is 70.7 cm³/mol. The van der Waals surface area contributed by atoms with Crippen LogP contribution in [0.5, 0.6) is 0 Å². The van der Waals surface area contributed by atoms with Crippen LogP contribution in [0.15, 0.2) is 0 Å². The maximum absolute atomic E-state index is 11.6. The summed E-state index contributed by atoms with van der Waals surface area (Å²) in [5, 5.41) is 9.52. The van der Waals surface area contributed by atoms with E-state index >= 15 is 0 Å². The largest absolute Gasteiger partial charge is 0.465 e. The molecule has 0 spiro atoms. The van der Waals surface area contributed by atoms with Crippen molar-refractivity contribution >= 4 is 12.4 Å². The van der Waals surface area contributed by atoms with Gasteiger partial charge in [-0.1, -0.05) is 40.0 Å². The molecule has 0 aliphatic heterocycles. The van der Waals surface area contributed by atoms with Crippen molar-refractivity contribution in [2.45, 2.75) is 71.4 Å². The summed E-state index contributed by atoms with van der Waals surface area (Å²) >= 11 is 0. The lowest BCUT2D eigenvalue weighted by Gasteiger charge is -2.54. The topological polar surface area (TPSA) is 57.6 Å². The molecule has 1 aliphatic rings. The zero-order valence-corrected chi connectivity index (χ0v) is 11.9. The number of rotatable bonds is 3. The molecule has 1 unspecified atom stereocenters. The molecule has 0 aromatic heterocycles. The highest BCUT2D eigenvalue weighted by Crippen LogP contribution is 2.47. The molecule has 18 heavy (non-hydrogen) atoms. The number of aldehydes is 1. The van der Waals surface area contributed by atoms with E-state index in [1.807, 2.05) is 0 Å². The van der Waals surface area contributed by atoms with Crippen LogP contribution in [0.3, 0.4) is 0 Å². The Bertz CT molecular complexity index is 313. The minimum atomic E-state index is -0.980. The van der Waals surface area contributed by atoms with E-state index in [1.54, 1.807) is 6.92 Å². The normalized spacial score (nSPS) is 21.1. The number of hydrogen-bond acceptors (Lipinski definition) is 2. The maximum Gasteiger partial charge on any atom is 0.408 e. The van der Waals surface area contributed by atoms with Crippen molar-refractivity contribution in [2.75, 3.05) is 0 Å². The van der Waals surface area contributed by atoms with E-state index in [0.717, 1.165) is 38.4 Å². The monoisotopic (exact) mass is 255 g/mol. The molecule has 4 nitrogen and oxygen atoms in total. The van der Waals surface area contributed by atoms with Crippen molar-refractivity contribution in [3.05, 3.63) is 0 Å². The summed E-state index contributed by atoms with van der Waals surface area (Å²) in [5.41, 5.74) is -0.583. The summed E-state index contributed by atoms with van der Waals surface area (Å²) in [4.78, 5) is 24.1. The van der Waals surface area contributed by atoms with Crippen molar-refractivity contribution in [1.82, 2.24) is 4.90 Å². The van der Waals surface area contributed by atoms with Gasteiger partial charge in [-0.25, -0.2) is 4.79 Å². The molecule has 0 saturated heterocycles. The summed E-state index contributed by atoms with van der Waals surface area (Å²) in [6, 6.07) is -0.583. The van der Waals surface area contributed by atoms with Crippen LogP contribution < -0.4 is 0 Å². The van der Waals surface area contributed by atoms with Gasteiger partial charge in [0.15, 0.2) is 0 Å². The van der Waals surface area contributed by atoms with Crippen molar-refractivity contribution in [1.29, 1.82) is 0 Å². The Balaban J connectivity index is 3.22. The minimum Gasteiger partial charge on any atom is -0.465 e. The lowest BCUT2D eigenvalue weighted by Crippen LogP contribution is -2.63. The zero-order chi connectivity index (χ0) is 14.0. The molecule has 1 atom stereocenters. The summed E-state index contributed by atoms with van der Waals surface area (Å²) in [5.74, 6) is 0. The Hall–Kier alpha value is -1.06. The first-order chi connectivity index (χ1) is 8.26. The first-order valence-electron chi connectivity index (χ1n) is 6.74. The van der Waals surface area contributed by atoms with E-state index in [1.165, 1.54) is 4.90 Å². The van der Waals surface area contributed by atoms with Gasteiger partial charge in [-0.15, -0.1) is 0 Å². The Morgan fingerprint density at radius 3 is 2.11 bits per heavy atom. The summed E-state index contributed by atoms with van der Waals surface area (Å²) in [6.45, 7) is 7.90. The number of carbonyl (C=O) groups is 2. The van der Waals surface area contributed by atoms with Crippen LogP contribution in [0.2, 0.25) is 0 Å². The summed E-state index contributed by atoms with van der Waals surface area (Å²) < 4.78 is 0. The van der Waals surface area contributed by atoms with Gasteiger partial charge in [-0.05, 0) is 25.2 Å². The quantitative estimate of drug-likeness (QED) is 0.787. The van der Waals surface area contributed by atoms with E-state index in [4.69, 9.17) is 0 Å². The molecule has 1 N–H and O–H groups in total. The van der Waals surface area contributed by atoms with Crippen LogP contribution >= 0.6 is 0 Å². The van der Waals surface area contributed by atoms with Crippen molar-refractivity contribution in [2.24, 2.45) is 5.41 Å². The molecular formula is C14H25NO3. The minimum absolute atomic E-state index is 0.164. The first kappa shape index (κ1) is 15.0. The number of carbonyl (C=O) groups excluding carboxylic acids is 1. The van der Waals surface area contributed by atoms with Gasteiger partial charge in [0, 0.05) is 0 Å². The summed E-state index contributed by atoms with van der Waals surface area (Å²) in [7, 11) is 0. The Morgan fingerprint density at radius 1 is 1.28 bits per heavy atom. The van der Waals surface area contributed by atoms with Gasteiger partial charge in [0.1, 0.15) is 6.29 Å². The van der Waals surface area contributed by atoms with E-state index in [0.29, 0.717) is 0 Å². The van der Waals surface area contributed by atoms with Crippen molar-refractivity contribution < 1.29 is 14.7 Å². The van der Waals surface area contributed by atoms with Crippen LogP contribution in [-0.4, -0.2) is 34.0 Å². The molecule has 1 fully saturated rings. The second-order valence-corrected chi connectivity index (χ2v) is 6.37. The first-order valence-corrected chi connectivity index (χ1v) is 6.74. The molecule has 0 bridgehead atoms. The molecule has 104 valence electrons. The van der Waals surface area contributed by atoms with Gasteiger partial charge < -0.3 is 9.90 Å². The molecule has 0 aromatic rings. The average molecular weight is 255 g/mol. The second kappa shape index (κ2) is 5.29. The average Bonchev–Trinajstić information content (AvgIpc) is 2.28. The number of nitrogens with zero attached hydrogens (tertiary/aromatic N) is 1. The molecule has 0 heterocycles. The predicted octanol–water partition coefficient (Wildman–Crippen LogP) is 3.30. The fourth-order valence-electron chi connectivity index (χ4n) is 3.30. The fourth-order valence-corrected chi connectivity index (χ4v) is 3.30. The Morgan fingerprint density at radius 2 is 1.78 bits per heavy atom. The number of amides is 1. The molecule has 0 radical (unpaired) electrons. The highest BCUT2D eigenvalue weighted by Gasteiger charge is 2.50. The van der Waals surface area contributed by atoms with Crippen LogP contribution in [0, 0.1) is 5.41 Å². The van der Waals surface area contributed by atoms with Crippen LogP contribution in [0.4, 0.5) is 4.79 Å². The van der Waals surface area contributed by atoms with Crippen molar-refractivity contribution in [3.63, 3.8) is 0 Å². The third kappa shape index (κ3) is 2.52. The van der Waals surface area contributed by atoms with Gasteiger partial charge in [-0.3, -0.25) is 4.90 Å². The lowest BCUT2D eigenvalue weighted by molar-refractivity contribution is -0.117. The maximum atomic E-state index is 11.6. The molecule has 1 amide bonds. The van der Waals surface area contributed by atoms with E-state index < -0.39 is 17.7 Å². The fraction of sp³-hybridized carbons (Fsp3) is 0.857. The molecule has 1 aliphatic carbocycles. The summed E-state index contributed by atoms with van der Waals surface area (Å²) in [6.07, 6.45) is 4.67. The SMILES string of the molecule is CC(C=O)N(C(=O)O)C1(C(C)(C)C)CCCCC1. The smallest absolute Gasteiger partial charge is 0.408 e. The zero-order valence-electron chi connectivity index (χ0n) is 11.9. The number of carboxylic acid groups (broad SMARTS) is 1. The standard InChI is InChI=1S/C14H25NO3/c1-11(10-16)15(12(17)18)14(13(2,3)4)8-6-5-7-9-14/h10-11H,5-9H2,1-4H3,(H,17,18). The molecule has 1 rings (SSSR count). The van der Waals surface area contributed by atoms with E-state index in [9.17, 15) is 14.7 Å². The van der Waals surface area contributed by atoms with E-state index in [-0.39, 0.29) is 5.41 Å². The number of hydrogen-bond donors (Lipinski definition) is 1. The third-order valence-corrected chi connectivity index (χ3v) is 4.35. The molecular weight excluding hydrogens is 230 g/mol. The highest BCUT2D eigenvalue weighted by atomic mass is 16.4. The van der Waals surface area contributed by atoms with Gasteiger partial charge >= 0.3 is 6.09 Å². The van der Waals surface area contributed by atoms with Gasteiger partial charge in [0.25, 0.3) is 0 Å². The van der Waals surface area contributed by atoms with Gasteiger partial charge in [-0.2, -0.15) is 0 Å². The molecule has 1 saturated carbocycles. The Labute approximate surface area is 109 Å². The van der Waals surface area contributed by atoms with Crippen LogP contribution in [0.1, 0.15) is 59.8 Å². The van der Waals surface area contributed by atoms with E-state index in [2.05, 4.69) is 20.8 Å². The third-order valence-electron chi connectivity index (χ3n) is 4.35. The Kier molecular flexibility index (Phi) is 4.41. The van der Waals surface area contributed by atoms with Crippen molar-refractivity contribution in [3.8, 4) is 0 Å². The molecule has 0 aromatic carbocycles. The lowest BCUT2D eigenvalue weighted by atomic mass is 9.64. The second-order valence-electron chi connectivity index (χ2n) is 6.37.